The first-order chi connectivity index (χ1) is 7.69. The van der Waals surface area contributed by atoms with Crippen molar-refractivity contribution < 1.29 is 0 Å². The molecule has 0 fully saturated rings. The number of hydrogen-bond acceptors (Lipinski definition) is 2. The van der Waals surface area contributed by atoms with E-state index in [1.54, 1.807) is 0 Å². The van der Waals surface area contributed by atoms with Gasteiger partial charge >= 0.3 is 0 Å². The van der Waals surface area contributed by atoms with Gasteiger partial charge in [-0.15, -0.1) is 11.8 Å². The molecule has 2 atom stereocenters. The summed E-state index contributed by atoms with van der Waals surface area (Å²) >= 11 is 5.47. The van der Waals surface area contributed by atoms with Gasteiger partial charge in [0.2, 0.25) is 0 Å². The topological polar surface area (TPSA) is 26.0 Å². The molecular weight excluding hydrogens is 282 g/mol. The van der Waals surface area contributed by atoms with Gasteiger partial charge < -0.3 is 5.73 Å². The van der Waals surface area contributed by atoms with Crippen molar-refractivity contribution in [1.82, 2.24) is 0 Å². The van der Waals surface area contributed by atoms with Crippen LogP contribution in [0.4, 0.5) is 0 Å². The van der Waals surface area contributed by atoms with Gasteiger partial charge in [0.25, 0.3) is 0 Å². The van der Waals surface area contributed by atoms with Crippen LogP contribution in [0, 0.1) is 5.92 Å². The maximum absolute atomic E-state index is 5.87. The minimum atomic E-state index is 0.513. The number of thioether (sulfide) groups is 1. The molecule has 3 heteroatoms. The SMILES string of the molecule is CCCC(C)C(CN)Sc1ccccc1Br. The van der Waals surface area contributed by atoms with Crippen molar-refractivity contribution in [2.24, 2.45) is 11.7 Å². The Balaban J connectivity index is 2.66. The minimum absolute atomic E-state index is 0.513. The highest BCUT2D eigenvalue weighted by Gasteiger charge is 2.17. The van der Waals surface area contributed by atoms with Gasteiger partial charge in [-0.1, -0.05) is 32.4 Å². The van der Waals surface area contributed by atoms with Crippen LogP contribution in [0.1, 0.15) is 26.7 Å². The van der Waals surface area contributed by atoms with Crippen LogP contribution in [0.5, 0.6) is 0 Å². The summed E-state index contributed by atoms with van der Waals surface area (Å²) in [5.74, 6) is 0.673. The van der Waals surface area contributed by atoms with Gasteiger partial charge in [0.15, 0.2) is 0 Å². The molecule has 1 aromatic carbocycles. The Labute approximate surface area is 111 Å². The van der Waals surface area contributed by atoms with E-state index in [0.29, 0.717) is 11.2 Å². The number of benzene rings is 1. The molecule has 0 aliphatic carbocycles. The second kappa shape index (κ2) is 7.36. The van der Waals surface area contributed by atoms with Crippen molar-refractivity contribution in [2.45, 2.75) is 36.8 Å². The summed E-state index contributed by atoms with van der Waals surface area (Å²) in [6.45, 7) is 5.27. The van der Waals surface area contributed by atoms with Gasteiger partial charge in [-0.3, -0.25) is 0 Å². The molecule has 0 saturated heterocycles. The molecule has 1 nitrogen and oxygen atoms in total. The maximum atomic E-state index is 5.87. The molecule has 2 N–H and O–H groups in total. The lowest BCUT2D eigenvalue weighted by Crippen LogP contribution is -2.24. The van der Waals surface area contributed by atoms with E-state index in [1.165, 1.54) is 22.2 Å². The fraction of sp³-hybridized carbons (Fsp3) is 0.538. The summed E-state index contributed by atoms with van der Waals surface area (Å²) < 4.78 is 1.17. The van der Waals surface area contributed by atoms with Gasteiger partial charge in [-0.2, -0.15) is 0 Å². The third-order valence-electron chi connectivity index (χ3n) is 2.73. The van der Waals surface area contributed by atoms with Crippen LogP contribution in [0.25, 0.3) is 0 Å². The smallest absolute Gasteiger partial charge is 0.0311 e. The predicted molar refractivity (Wildman–Crippen MR) is 76.9 cm³/mol. The van der Waals surface area contributed by atoms with Crippen molar-refractivity contribution in [1.29, 1.82) is 0 Å². The Morgan fingerprint density at radius 1 is 1.38 bits per heavy atom. The lowest BCUT2D eigenvalue weighted by atomic mass is 10.0. The minimum Gasteiger partial charge on any atom is -0.329 e. The van der Waals surface area contributed by atoms with E-state index < -0.39 is 0 Å². The van der Waals surface area contributed by atoms with Crippen molar-refractivity contribution in [3.05, 3.63) is 28.7 Å². The first-order valence-electron chi connectivity index (χ1n) is 5.80. The van der Waals surface area contributed by atoms with Crippen molar-refractivity contribution >= 4 is 27.7 Å². The summed E-state index contributed by atoms with van der Waals surface area (Å²) in [7, 11) is 0. The molecule has 0 aliphatic rings. The Kier molecular flexibility index (Phi) is 6.47. The van der Waals surface area contributed by atoms with E-state index in [9.17, 15) is 0 Å². The summed E-state index contributed by atoms with van der Waals surface area (Å²) in [6, 6.07) is 8.35. The van der Waals surface area contributed by atoms with E-state index in [-0.39, 0.29) is 0 Å². The van der Waals surface area contributed by atoms with E-state index in [1.807, 2.05) is 17.8 Å². The lowest BCUT2D eigenvalue weighted by molar-refractivity contribution is 0.505. The van der Waals surface area contributed by atoms with E-state index in [0.717, 1.165) is 6.54 Å². The highest BCUT2D eigenvalue weighted by molar-refractivity contribution is 9.10. The third-order valence-corrected chi connectivity index (χ3v) is 5.25. The fourth-order valence-electron chi connectivity index (χ4n) is 1.74. The highest BCUT2D eigenvalue weighted by Crippen LogP contribution is 2.34. The molecule has 0 amide bonds. The van der Waals surface area contributed by atoms with Crippen LogP contribution in [0.3, 0.4) is 0 Å². The van der Waals surface area contributed by atoms with Crippen molar-refractivity contribution in [3.8, 4) is 0 Å². The average Bonchev–Trinajstić information content (AvgIpc) is 2.28. The lowest BCUT2D eigenvalue weighted by Gasteiger charge is -2.22. The number of rotatable bonds is 6. The van der Waals surface area contributed by atoms with Gasteiger partial charge in [0.1, 0.15) is 0 Å². The summed E-state index contributed by atoms with van der Waals surface area (Å²) in [5, 5.41) is 0.513. The normalized spacial score (nSPS) is 14.8. The molecule has 1 rings (SSSR count). The molecule has 0 heterocycles. The van der Waals surface area contributed by atoms with E-state index in [2.05, 4.69) is 48.0 Å². The second-order valence-corrected chi connectivity index (χ2v) is 6.22. The van der Waals surface area contributed by atoms with Crippen LogP contribution in [-0.4, -0.2) is 11.8 Å². The molecule has 16 heavy (non-hydrogen) atoms. The molecule has 0 bridgehead atoms. The molecule has 0 radical (unpaired) electrons. The zero-order chi connectivity index (χ0) is 12.0. The zero-order valence-electron chi connectivity index (χ0n) is 9.95. The van der Waals surface area contributed by atoms with E-state index in [4.69, 9.17) is 5.73 Å². The van der Waals surface area contributed by atoms with E-state index >= 15 is 0 Å². The maximum Gasteiger partial charge on any atom is 0.0311 e. The van der Waals surface area contributed by atoms with Crippen molar-refractivity contribution in [2.75, 3.05) is 6.54 Å². The quantitative estimate of drug-likeness (QED) is 0.793. The molecule has 2 unspecified atom stereocenters. The first-order valence-corrected chi connectivity index (χ1v) is 7.47. The van der Waals surface area contributed by atoms with Gasteiger partial charge in [-0.25, -0.2) is 0 Å². The molecule has 0 aliphatic heterocycles. The number of nitrogens with two attached hydrogens (primary N) is 1. The van der Waals surface area contributed by atoms with Crippen molar-refractivity contribution in [3.63, 3.8) is 0 Å². The summed E-state index contributed by atoms with van der Waals surface area (Å²) in [4.78, 5) is 1.29. The van der Waals surface area contributed by atoms with Crippen LogP contribution < -0.4 is 5.73 Å². The standard InChI is InChI=1S/C13H20BrNS/c1-3-6-10(2)13(9-15)16-12-8-5-4-7-11(12)14/h4-5,7-8,10,13H,3,6,9,15H2,1-2H3. The van der Waals surface area contributed by atoms with Gasteiger partial charge in [0, 0.05) is 21.2 Å². The monoisotopic (exact) mass is 301 g/mol. The van der Waals surface area contributed by atoms with Crippen LogP contribution in [-0.2, 0) is 0 Å². The summed E-state index contributed by atoms with van der Waals surface area (Å²) in [6.07, 6.45) is 2.48. The Morgan fingerprint density at radius 2 is 2.06 bits per heavy atom. The Morgan fingerprint density at radius 3 is 2.62 bits per heavy atom. The molecule has 1 aromatic rings. The molecular formula is C13H20BrNS. The average molecular weight is 302 g/mol. The first kappa shape index (κ1) is 14.1. The highest BCUT2D eigenvalue weighted by atomic mass is 79.9. The van der Waals surface area contributed by atoms with Crippen LogP contribution in [0.15, 0.2) is 33.6 Å². The molecule has 0 aromatic heterocycles. The predicted octanol–water partition coefficient (Wildman–Crippen LogP) is 4.30. The molecule has 0 saturated carbocycles. The Hall–Kier alpha value is 0.01000. The zero-order valence-corrected chi connectivity index (χ0v) is 12.4. The largest absolute Gasteiger partial charge is 0.329 e. The number of halogens is 1. The summed E-state index contributed by atoms with van der Waals surface area (Å²) in [5.41, 5.74) is 5.87. The van der Waals surface area contributed by atoms with Gasteiger partial charge in [0.05, 0.1) is 0 Å². The van der Waals surface area contributed by atoms with Gasteiger partial charge in [-0.05, 0) is 40.4 Å². The fourth-order valence-corrected chi connectivity index (χ4v) is 3.43. The van der Waals surface area contributed by atoms with Crippen LogP contribution >= 0.6 is 27.7 Å². The van der Waals surface area contributed by atoms with Crippen LogP contribution in [0.2, 0.25) is 0 Å². The molecule has 0 spiro atoms. The molecule has 90 valence electrons. The second-order valence-electron chi connectivity index (χ2n) is 4.09. The Bertz CT molecular complexity index is 317. The number of hydrogen-bond donors (Lipinski definition) is 1. The third kappa shape index (κ3) is 4.11.